The first-order chi connectivity index (χ1) is 4.25. The van der Waals surface area contributed by atoms with Gasteiger partial charge >= 0.3 is 0 Å². The van der Waals surface area contributed by atoms with Gasteiger partial charge in [-0.2, -0.15) is 0 Å². The zero-order chi connectivity index (χ0) is 6.85. The summed E-state index contributed by atoms with van der Waals surface area (Å²) in [6.45, 7) is 2.01. The van der Waals surface area contributed by atoms with E-state index in [1.54, 1.807) is 0 Å². The molecule has 0 saturated heterocycles. The van der Waals surface area contributed by atoms with Crippen molar-refractivity contribution in [1.82, 2.24) is 9.55 Å². The monoisotopic (exact) mass is 188 g/mol. The minimum Gasteiger partial charge on any atom is -0.337 e. The van der Waals surface area contributed by atoms with Crippen LogP contribution in [0.3, 0.4) is 0 Å². The lowest BCUT2D eigenvalue weighted by Gasteiger charge is -1.95. The Morgan fingerprint density at radius 2 is 2.44 bits per heavy atom. The molecule has 3 heteroatoms. The van der Waals surface area contributed by atoms with E-state index in [1.165, 1.54) is 5.69 Å². The Hall–Kier alpha value is -0.310. The first-order valence-electron chi connectivity index (χ1n) is 2.78. The van der Waals surface area contributed by atoms with Crippen LogP contribution in [0.4, 0.5) is 0 Å². The highest BCUT2D eigenvalue weighted by Crippen LogP contribution is 2.07. The van der Waals surface area contributed by atoms with Gasteiger partial charge in [0.05, 0.1) is 17.7 Å². The molecule has 1 aromatic rings. The third kappa shape index (κ3) is 1.15. The minimum atomic E-state index is 0.884. The zero-order valence-electron chi connectivity index (χ0n) is 5.56. The molecule has 1 heterocycles. The fourth-order valence-electron chi connectivity index (χ4n) is 0.764. The summed E-state index contributed by atoms with van der Waals surface area (Å²) in [6, 6.07) is 0. The van der Waals surface area contributed by atoms with Gasteiger partial charge in [-0.05, 0) is 6.92 Å². The molecule has 0 aromatic carbocycles. The molecule has 0 amide bonds. The first-order valence-corrected chi connectivity index (χ1v) is 3.90. The summed E-state index contributed by atoms with van der Waals surface area (Å²) >= 11 is 3.38. The van der Waals surface area contributed by atoms with E-state index in [4.69, 9.17) is 0 Å². The van der Waals surface area contributed by atoms with Gasteiger partial charge in [0.15, 0.2) is 0 Å². The number of aromatic nitrogens is 2. The summed E-state index contributed by atoms with van der Waals surface area (Å²) in [6.07, 6.45) is 1.83. The number of imidazole rings is 1. The highest BCUT2D eigenvalue weighted by molar-refractivity contribution is 9.08. The van der Waals surface area contributed by atoms with Crippen LogP contribution in [-0.4, -0.2) is 9.55 Å². The number of aryl methyl sites for hydroxylation is 2. The molecule has 0 N–H and O–H groups in total. The van der Waals surface area contributed by atoms with E-state index in [1.807, 2.05) is 24.9 Å². The number of halogens is 1. The molecule has 9 heavy (non-hydrogen) atoms. The second-order valence-electron chi connectivity index (χ2n) is 2.02. The Kier molecular flexibility index (Phi) is 1.90. The fourth-order valence-corrected chi connectivity index (χ4v) is 1.56. The van der Waals surface area contributed by atoms with Crippen molar-refractivity contribution >= 4 is 15.9 Å². The van der Waals surface area contributed by atoms with E-state index in [-0.39, 0.29) is 0 Å². The average Bonchev–Trinajstić information content (AvgIpc) is 2.12. The summed E-state index contributed by atoms with van der Waals surface area (Å²) in [4.78, 5) is 4.12. The molecule has 0 aliphatic carbocycles. The van der Waals surface area contributed by atoms with Crippen LogP contribution < -0.4 is 0 Å². The number of rotatable bonds is 1. The van der Waals surface area contributed by atoms with Gasteiger partial charge in [-0.1, -0.05) is 15.9 Å². The molecule has 0 saturated carbocycles. The maximum Gasteiger partial charge on any atom is 0.0949 e. The van der Waals surface area contributed by atoms with Crippen LogP contribution in [0, 0.1) is 6.92 Å². The lowest BCUT2D eigenvalue weighted by molar-refractivity contribution is 0.866. The normalized spacial score (nSPS) is 10.1. The molecule has 0 spiro atoms. The van der Waals surface area contributed by atoms with Gasteiger partial charge in [0.2, 0.25) is 0 Å². The van der Waals surface area contributed by atoms with Gasteiger partial charge in [0, 0.05) is 12.4 Å². The van der Waals surface area contributed by atoms with Gasteiger partial charge in [-0.25, -0.2) is 4.98 Å². The average molecular weight is 189 g/mol. The van der Waals surface area contributed by atoms with Gasteiger partial charge in [-0.3, -0.25) is 0 Å². The Labute approximate surface area is 63.0 Å². The number of alkyl halides is 1. The molecule has 0 bridgehead atoms. The van der Waals surface area contributed by atoms with Crippen molar-refractivity contribution in [2.45, 2.75) is 12.3 Å². The summed E-state index contributed by atoms with van der Waals surface area (Å²) in [5, 5.41) is 0.884. The minimum absolute atomic E-state index is 0.884. The molecular weight excluding hydrogens is 180 g/mol. The van der Waals surface area contributed by atoms with Crippen molar-refractivity contribution < 1.29 is 0 Å². The van der Waals surface area contributed by atoms with Crippen LogP contribution in [-0.2, 0) is 12.4 Å². The van der Waals surface area contributed by atoms with E-state index in [9.17, 15) is 0 Å². The molecule has 0 aliphatic heterocycles. The van der Waals surface area contributed by atoms with Crippen LogP contribution in [0.25, 0.3) is 0 Å². The van der Waals surface area contributed by atoms with Crippen molar-refractivity contribution in [3.05, 3.63) is 17.7 Å². The van der Waals surface area contributed by atoms with Crippen LogP contribution in [0.15, 0.2) is 6.33 Å². The second-order valence-corrected chi connectivity index (χ2v) is 2.58. The van der Waals surface area contributed by atoms with E-state index in [0.29, 0.717) is 0 Å². The third-order valence-corrected chi connectivity index (χ3v) is 1.93. The molecule has 50 valence electrons. The van der Waals surface area contributed by atoms with Crippen molar-refractivity contribution in [3.8, 4) is 0 Å². The van der Waals surface area contributed by atoms with Crippen LogP contribution in [0.1, 0.15) is 11.4 Å². The Morgan fingerprint density at radius 1 is 1.78 bits per heavy atom. The largest absolute Gasteiger partial charge is 0.337 e. The maximum atomic E-state index is 4.12. The highest BCUT2D eigenvalue weighted by Gasteiger charge is 1.99. The van der Waals surface area contributed by atoms with Gasteiger partial charge in [-0.15, -0.1) is 0 Å². The zero-order valence-corrected chi connectivity index (χ0v) is 7.14. The smallest absolute Gasteiger partial charge is 0.0949 e. The van der Waals surface area contributed by atoms with E-state index in [0.717, 1.165) is 11.0 Å². The van der Waals surface area contributed by atoms with Crippen LogP contribution >= 0.6 is 15.9 Å². The molecule has 2 nitrogen and oxygen atoms in total. The fraction of sp³-hybridized carbons (Fsp3) is 0.500. The van der Waals surface area contributed by atoms with Crippen LogP contribution in [0.2, 0.25) is 0 Å². The molecule has 1 rings (SSSR count). The molecule has 0 unspecified atom stereocenters. The van der Waals surface area contributed by atoms with E-state index in [2.05, 4.69) is 20.9 Å². The SMILES string of the molecule is Cc1ncn(C)c1CBr. The molecule has 0 radical (unpaired) electrons. The number of hydrogen-bond acceptors (Lipinski definition) is 1. The summed E-state index contributed by atoms with van der Waals surface area (Å²) in [7, 11) is 2.00. The molecule has 1 aromatic heterocycles. The molecule has 0 atom stereocenters. The number of nitrogens with zero attached hydrogens (tertiary/aromatic N) is 2. The van der Waals surface area contributed by atoms with Crippen molar-refractivity contribution in [2.24, 2.45) is 7.05 Å². The Bertz CT molecular complexity index is 185. The quantitative estimate of drug-likeness (QED) is 0.614. The predicted octanol–water partition coefficient (Wildman–Crippen LogP) is 1.62. The standard InChI is InChI=1S/C6H9BrN2/c1-5-6(3-7)9(2)4-8-5/h4H,3H2,1-2H3. The van der Waals surface area contributed by atoms with Crippen molar-refractivity contribution in [2.75, 3.05) is 0 Å². The lowest BCUT2D eigenvalue weighted by Crippen LogP contribution is -1.91. The Balaban J connectivity index is 3.07. The van der Waals surface area contributed by atoms with E-state index >= 15 is 0 Å². The van der Waals surface area contributed by atoms with Crippen LogP contribution in [0.5, 0.6) is 0 Å². The summed E-state index contributed by atoms with van der Waals surface area (Å²) < 4.78 is 2.02. The summed E-state index contributed by atoms with van der Waals surface area (Å²) in [5.74, 6) is 0. The van der Waals surface area contributed by atoms with Crippen molar-refractivity contribution in [1.29, 1.82) is 0 Å². The van der Waals surface area contributed by atoms with Gasteiger partial charge in [0.1, 0.15) is 0 Å². The third-order valence-electron chi connectivity index (χ3n) is 1.39. The predicted molar refractivity (Wildman–Crippen MR) is 40.6 cm³/mol. The molecular formula is C6H9BrN2. The first kappa shape index (κ1) is 6.81. The molecule has 0 aliphatic rings. The lowest BCUT2D eigenvalue weighted by atomic mass is 10.4. The van der Waals surface area contributed by atoms with E-state index < -0.39 is 0 Å². The highest BCUT2D eigenvalue weighted by atomic mass is 79.9. The van der Waals surface area contributed by atoms with Crippen molar-refractivity contribution in [3.63, 3.8) is 0 Å². The topological polar surface area (TPSA) is 17.8 Å². The molecule has 0 fully saturated rings. The summed E-state index contributed by atoms with van der Waals surface area (Å²) in [5.41, 5.74) is 2.35. The Morgan fingerprint density at radius 3 is 2.67 bits per heavy atom. The maximum absolute atomic E-state index is 4.12. The van der Waals surface area contributed by atoms with Gasteiger partial charge in [0.25, 0.3) is 0 Å². The number of hydrogen-bond donors (Lipinski definition) is 0. The second kappa shape index (κ2) is 2.52. The van der Waals surface area contributed by atoms with Gasteiger partial charge < -0.3 is 4.57 Å².